The number of aliphatic hydroxyl groups is 1. The van der Waals surface area contributed by atoms with Gasteiger partial charge in [0, 0.05) is 30.1 Å². The number of fused-ring (bicyclic) bond motifs is 1. The Labute approximate surface area is 126 Å². The van der Waals surface area contributed by atoms with E-state index in [1.165, 1.54) is 0 Å². The Hall–Kier alpha value is -1.46. The summed E-state index contributed by atoms with van der Waals surface area (Å²) >= 11 is 0. The molecule has 0 aliphatic carbocycles. The molecule has 1 heterocycles. The maximum absolute atomic E-state index is 9.33. The summed E-state index contributed by atoms with van der Waals surface area (Å²) < 4.78 is 16.6. The molecule has 0 fully saturated rings. The van der Waals surface area contributed by atoms with Crippen molar-refractivity contribution in [1.82, 2.24) is 5.32 Å². The van der Waals surface area contributed by atoms with Gasteiger partial charge >= 0.3 is 0 Å². The van der Waals surface area contributed by atoms with Gasteiger partial charge in [0.25, 0.3) is 0 Å². The lowest BCUT2D eigenvalue weighted by Crippen LogP contribution is -2.35. The lowest BCUT2D eigenvalue weighted by atomic mass is 10.1. The predicted molar refractivity (Wildman–Crippen MR) is 81.0 cm³/mol. The number of ether oxygens (including phenoxy) is 3. The second-order valence-electron chi connectivity index (χ2n) is 6.40. The van der Waals surface area contributed by atoms with Crippen LogP contribution in [-0.2, 0) is 6.54 Å². The molecule has 2 rings (SSSR count). The third-order valence-electron chi connectivity index (χ3n) is 3.16. The molecular weight excluding hydrogens is 270 g/mol. The molecule has 1 aliphatic heterocycles. The smallest absolute Gasteiger partial charge is 0.231 e. The van der Waals surface area contributed by atoms with Gasteiger partial charge in [0.05, 0.1) is 12.7 Å². The zero-order valence-corrected chi connectivity index (χ0v) is 13.2. The molecule has 0 spiro atoms. The number of hydrogen-bond donors (Lipinski definition) is 2. The molecule has 0 saturated heterocycles. The molecule has 0 aromatic heterocycles. The van der Waals surface area contributed by atoms with Gasteiger partial charge < -0.3 is 24.6 Å². The highest BCUT2D eigenvalue weighted by Crippen LogP contribution is 2.38. The van der Waals surface area contributed by atoms with Crippen molar-refractivity contribution in [3.63, 3.8) is 0 Å². The largest absolute Gasteiger partial charge is 0.493 e. The zero-order chi connectivity index (χ0) is 15.5. The van der Waals surface area contributed by atoms with Crippen LogP contribution in [0.4, 0.5) is 0 Å². The van der Waals surface area contributed by atoms with Crippen molar-refractivity contribution in [2.45, 2.75) is 52.3 Å². The van der Waals surface area contributed by atoms with Gasteiger partial charge in [-0.25, -0.2) is 0 Å². The lowest BCUT2D eigenvalue weighted by Gasteiger charge is -2.22. The minimum atomic E-state index is -0.366. The highest BCUT2D eigenvalue weighted by molar-refractivity contribution is 5.51. The van der Waals surface area contributed by atoms with Gasteiger partial charge in [0.1, 0.15) is 5.75 Å². The topological polar surface area (TPSA) is 60.0 Å². The van der Waals surface area contributed by atoms with Crippen LogP contribution in [0.5, 0.6) is 17.2 Å². The van der Waals surface area contributed by atoms with Crippen molar-refractivity contribution < 1.29 is 19.3 Å². The number of benzene rings is 1. The van der Waals surface area contributed by atoms with Crippen LogP contribution in [0, 0.1) is 0 Å². The second-order valence-corrected chi connectivity index (χ2v) is 6.40. The molecule has 1 aromatic rings. The number of rotatable bonds is 6. The van der Waals surface area contributed by atoms with Crippen molar-refractivity contribution >= 4 is 0 Å². The van der Waals surface area contributed by atoms with Gasteiger partial charge in [0.15, 0.2) is 11.5 Å². The van der Waals surface area contributed by atoms with Crippen LogP contribution in [0.25, 0.3) is 0 Å². The quantitative estimate of drug-likeness (QED) is 0.844. The van der Waals surface area contributed by atoms with Crippen molar-refractivity contribution in [1.29, 1.82) is 0 Å². The van der Waals surface area contributed by atoms with Crippen LogP contribution >= 0.6 is 0 Å². The summed E-state index contributed by atoms with van der Waals surface area (Å²) in [5.41, 5.74) is 1.05. The van der Waals surface area contributed by atoms with E-state index in [0.717, 1.165) is 17.1 Å². The summed E-state index contributed by atoms with van der Waals surface area (Å²) in [6, 6.07) is 3.82. The highest BCUT2D eigenvalue weighted by Gasteiger charge is 2.19. The minimum absolute atomic E-state index is 0.0211. The molecule has 118 valence electrons. The van der Waals surface area contributed by atoms with Gasteiger partial charge in [0.2, 0.25) is 6.79 Å². The molecule has 21 heavy (non-hydrogen) atoms. The summed E-state index contributed by atoms with van der Waals surface area (Å²) in [5, 5.41) is 12.8. The summed E-state index contributed by atoms with van der Waals surface area (Å²) in [7, 11) is 0. The predicted octanol–water partition coefficient (Wildman–Crippen LogP) is 2.45. The molecule has 1 aromatic carbocycles. The third-order valence-corrected chi connectivity index (χ3v) is 3.16. The molecule has 0 bridgehead atoms. The molecule has 2 N–H and O–H groups in total. The minimum Gasteiger partial charge on any atom is -0.493 e. The van der Waals surface area contributed by atoms with Gasteiger partial charge in [-0.05, 0) is 33.8 Å². The average molecular weight is 295 g/mol. The Balaban J connectivity index is 2.11. The Morgan fingerprint density at radius 2 is 1.95 bits per heavy atom. The van der Waals surface area contributed by atoms with E-state index in [4.69, 9.17) is 14.2 Å². The molecule has 1 atom stereocenters. The molecule has 5 heteroatoms. The van der Waals surface area contributed by atoms with E-state index in [0.29, 0.717) is 25.3 Å². The monoisotopic (exact) mass is 295 g/mol. The van der Waals surface area contributed by atoms with E-state index in [2.05, 4.69) is 26.1 Å². The zero-order valence-electron chi connectivity index (χ0n) is 13.2. The molecule has 1 unspecified atom stereocenters. The molecule has 5 nitrogen and oxygen atoms in total. The van der Waals surface area contributed by atoms with E-state index < -0.39 is 0 Å². The summed E-state index contributed by atoms with van der Waals surface area (Å²) in [4.78, 5) is 0. The van der Waals surface area contributed by atoms with Crippen LogP contribution in [0.2, 0.25) is 0 Å². The highest BCUT2D eigenvalue weighted by atomic mass is 16.7. The van der Waals surface area contributed by atoms with E-state index >= 15 is 0 Å². The van der Waals surface area contributed by atoms with Crippen LogP contribution in [0.3, 0.4) is 0 Å². The summed E-state index contributed by atoms with van der Waals surface area (Å²) in [6.07, 6.45) is 0.232. The van der Waals surface area contributed by atoms with Crippen LogP contribution in [0.1, 0.15) is 39.7 Å². The molecular formula is C16H25NO4. The first-order valence-corrected chi connectivity index (χ1v) is 7.33. The summed E-state index contributed by atoms with van der Waals surface area (Å²) in [6.45, 7) is 9.52. The normalized spacial score (nSPS) is 15.1. The molecule has 1 aliphatic rings. The third kappa shape index (κ3) is 4.79. The fraction of sp³-hybridized carbons (Fsp3) is 0.625. The lowest BCUT2D eigenvalue weighted by molar-refractivity contribution is 0.155. The van der Waals surface area contributed by atoms with Crippen LogP contribution < -0.4 is 19.5 Å². The van der Waals surface area contributed by atoms with Crippen LogP contribution in [0.15, 0.2) is 12.1 Å². The fourth-order valence-corrected chi connectivity index (χ4v) is 1.94. The first-order chi connectivity index (χ1) is 9.85. The SMILES string of the molecule is CC(O)CCOc1cc2c(cc1CNC(C)(C)C)OCO2. The first kappa shape index (κ1) is 15.9. The number of hydrogen-bond acceptors (Lipinski definition) is 5. The van der Waals surface area contributed by atoms with Crippen molar-refractivity contribution in [2.24, 2.45) is 0 Å². The summed E-state index contributed by atoms with van der Waals surface area (Å²) in [5.74, 6) is 2.24. The van der Waals surface area contributed by atoms with E-state index in [-0.39, 0.29) is 18.4 Å². The van der Waals surface area contributed by atoms with E-state index in [9.17, 15) is 5.11 Å². The van der Waals surface area contributed by atoms with E-state index in [1.807, 2.05) is 12.1 Å². The Kier molecular flexibility index (Phi) is 4.96. The van der Waals surface area contributed by atoms with Crippen molar-refractivity contribution in [3.05, 3.63) is 17.7 Å². The standard InChI is InChI=1S/C16H25NO4/c1-11(18)5-6-19-13-8-15-14(20-10-21-15)7-12(13)9-17-16(2,3)4/h7-8,11,17-18H,5-6,9-10H2,1-4H3. The van der Waals surface area contributed by atoms with Crippen LogP contribution in [-0.4, -0.2) is 30.1 Å². The van der Waals surface area contributed by atoms with E-state index in [1.54, 1.807) is 6.92 Å². The van der Waals surface area contributed by atoms with Gasteiger partial charge in [-0.15, -0.1) is 0 Å². The average Bonchev–Trinajstić information content (AvgIpc) is 2.81. The number of aliphatic hydroxyl groups excluding tert-OH is 1. The Morgan fingerprint density at radius 3 is 2.57 bits per heavy atom. The van der Waals surface area contributed by atoms with Gasteiger partial charge in [-0.3, -0.25) is 0 Å². The van der Waals surface area contributed by atoms with Crippen molar-refractivity contribution in [3.8, 4) is 17.2 Å². The Bertz CT molecular complexity index is 480. The number of nitrogens with one attached hydrogen (secondary N) is 1. The molecule has 0 saturated carbocycles. The first-order valence-electron chi connectivity index (χ1n) is 7.33. The molecule has 0 amide bonds. The Morgan fingerprint density at radius 1 is 1.29 bits per heavy atom. The fourth-order valence-electron chi connectivity index (χ4n) is 1.94. The van der Waals surface area contributed by atoms with Gasteiger partial charge in [-0.1, -0.05) is 0 Å². The maximum Gasteiger partial charge on any atom is 0.231 e. The van der Waals surface area contributed by atoms with Crippen molar-refractivity contribution in [2.75, 3.05) is 13.4 Å². The maximum atomic E-state index is 9.33. The molecule has 0 radical (unpaired) electrons. The second kappa shape index (κ2) is 6.54. The van der Waals surface area contributed by atoms with Gasteiger partial charge in [-0.2, -0.15) is 0 Å².